The number of alkyl halides is 1. The molecule has 23 heavy (non-hydrogen) atoms. The predicted octanol–water partition coefficient (Wildman–Crippen LogP) is 5.61. The lowest BCUT2D eigenvalue weighted by atomic mass is 10.0. The lowest BCUT2D eigenvalue weighted by molar-refractivity contribution is -0.149. The molecule has 0 bridgehead atoms. The summed E-state index contributed by atoms with van der Waals surface area (Å²) < 4.78 is 5.03. The van der Waals surface area contributed by atoms with Gasteiger partial charge in [-0.25, -0.2) is 0 Å². The second-order valence-electron chi connectivity index (χ2n) is 6.44. The monoisotopic (exact) mass is 348 g/mol. The van der Waals surface area contributed by atoms with Gasteiger partial charge in [-0.05, 0) is 6.42 Å². The van der Waals surface area contributed by atoms with E-state index < -0.39 is 6.10 Å². The van der Waals surface area contributed by atoms with Crippen LogP contribution < -0.4 is 0 Å². The minimum absolute atomic E-state index is 0.154. The Morgan fingerprint density at radius 2 is 1.30 bits per heavy atom. The Kier molecular flexibility index (Phi) is 17.8. The van der Waals surface area contributed by atoms with Crippen molar-refractivity contribution in [3.63, 3.8) is 0 Å². The molecule has 3 nitrogen and oxygen atoms in total. The van der Waals surface area contributed by atoms with Crippen LogP contribution in [0.5, 0.6) is 0 Å². The van der Waals surface area contributed by atoms with Crippen LogP contribution in [0.3, 0.4) is 0 Å². The summed E-state index contributed by atoms with van der Waals surface area (Å²) in [5.41, 5.74) is 0. The van der Waals surface area contributed by atoms with Gasteiger partial charge in [-0.2, -0.15) is 0 Å². The number of hydrogen-bond acceptors (Lipinski definition) is 3. The fourth-order valence-electron chi connectivity index (χ4n) is 2.65. The van der Waals surface area contributed by atoms with Crippen LogP contribution in [0, 0.1) is 0 Å². The molecule has 4 heteroatoms. The number of unbranched alkanes of at least 4 members (excludes halogenated alkanes) is 12. The average molecular weight is 349 g/mol. The van der Waals surface area contributed by atoms with E-state index in [9.17, 15) is 4.79 Å². The van der Waals surface area contributed by atoms with Gasteiger partial charge in [0.1, 0.15) is 6.10 Å². The van der Waals surface area contributed by atoms with E-state index in [4.69, 9.17) is 21.4 Å². The molecule has 1 atom stereocenters. The Morgan fingerprint density at radius 1 is 0.870 bits per heavy atom. The number of carbonyl (C=O) groups is 1. The molecule has 0 saturated carbocycles. The molecule has 1 N–H and O–H groups in total. The Morgan fingerprint density at radius 3 is 1.70 bits per heavy atom. The number of halogens is 1. The quantitative estimate of drug-likeness (QED) is 0.211. The largest absolute Gasteiger partial charge is 0.459 e. The first-order valence-corrected chi connectivity index (χ1v) is 10.1. The molecular weight excluding hydrogens is 312 g/mol. The molecule has 0 aliphatic heterocycles. The average Bonchev–Trinajstić information content (AvgIpc) is 2.56. The molecule has 0 spiro atoms. The van der Waals surface area contributed by atoms with Gasteiger partial charge < -0.3 is 9.84 Å². The Balaban J connectivity index is 3.20. The molecule has 138 valence electrons. The molecule has 0 aromatic heterocycles. The Hall–Kier alpha value is -0.280. The maximum absolute atomic E-state index is 11.5. The van der Waals surface area contributed by atoms with Crippen molar-refractivity contribution in [2.45, 2.75) is 103 Å². The van der Waals surface area contributed by atoms with Gasteiger partial charge in [0, 0.05) is 6.42 Å². The van der Waals surface area contributed by atoms with Crippen molar-refractivity contribution in [2.24, 2.45) is 0 Å². The van der Waals surface area contributed by atoms with Gasteiger partial charge in [0.05, 0.1) is 12.5 Å². The highest BCUT2D eigenvalue weighted by Gasteiger charge is 2.11. The van der Waals surface area contributed by atoms with Gasteiger partial charge in [-0.15, -0.1) is 11.6 Å². The second-order valence-corrected chi connectivity index (χ2v) is 6.75. The maximum atomic E-state index is 11.5. The molecule has 0 fully saturated rings. The zero-order valence-electron chi connectivity index (χ0n) is 15.0. The van der Waals surface area contributed by atoms with E-state index in [1.165, 1.54) is 70.6 Å². The maximum Gasteiger partial charge on any atom is 0.306 e. The summed E-state index contributed by atoms with van der Waals surface area (Å²) >= 11 is 5.56. The molecule has 0 aromatic carbocycles. The lowest BCUT2D eigenvalue weighted by Crippen LogP contribution is -2.23. The van der Waals surface area contributed by atoms with Crippen molar-refractivity contribution in [2.75, 3.05) is 12.5 Å². The van der Waals surface area contributed by atoms with Crippen molar-refractivity contribution in [3.8, 4) is 0 Å². The van der Waals surface area contributed by atoms with Crippen LogP contribution in [-0.2, 0) is 9.53 Å². The topological polar surface area (TPSA) is 46.5 Å². The van der Waals surface area contributed by atoms with Gasteiger partial charge in [0.15, 0.2) is 0 Å². The smallest absolute Gasteiger partial charge is 0.306 e. The van der Waals surface area contributed by atoms with Gasteiger partial charge >= 0.3 is 5.97 Å². The number of aliphatic hydroxyl groups is 1. The van der Waals surface area contributed by atoms with E-state index in [1.54, 1.807) is 0 Å². The molecule has 0 aliphatic carbocycles. The first kappa shape index (κ1) is 22.7. The number of hydrogen-bond donors (Lipinski definition) is 1. The van der Waals surface area contributed by atoms with Crippen molar-refractivity contribution < 1.29 is 14.6 Å². The van der Waals surface area contributed by atoms with Crippen LogP contribution >= 0.6 is 11.6 Å². The Labute approximate surface area is 148 Å². The van der Waals surface area contributed by atoms with Crippen LogP contribution in [0.25, 0.3) is 0 Å². The standard InChI is InChI=1S/C19H37ClO3/c1-2-3-4-5-6-7-8-9-10-11-12-13-14-15-19(22)23-18(16-20)17-21/h18,21H,2-17H2,1H3/t18-/m0/s1. The van der Waals surface area contributed by atoms with Crippen LogP contribution in [0.15, 0.2) is 0 Å². The fraction of sp³-hybridized carbons (Fsp3) is 0.947. The van der Waals surface area contributed by atoms with Crippen LogP contribution in [0.1, 0.15) is 96.8 Å². The fourth-order valence-corrected chi connectivity index (χ4v) is 2.81. The van der Waals surface area contributed by atoms with Gasteiger partial charge in [0.25, 0.3) is 0 Å². The minimum Gasteiger partial charge on any atom is -0.459 e. The van der Waals surface area contributed by atoms with E-state index in [0.717, 1.165) is 12.8 Å². The third-order valence-electron chi connectivity index (χ3n) is 4.16. The molecular formula is C19H37ClO3. The first-order chi connectivity index (χ1) is 11.2. The summed E-state index contributed by atoms with van der Waals surface area (Å²) in [6.07, 6.45) is 16.7. The first-order valence-electron chi connectivity index (χ1n) is 9.60. The number of aliphatic hydroxyl groups excluding tert-OH is 1. The molecule has 0 radical (unpaired) electrons. The van der Waals surface area contributed by atoms with Crippen molar-refractivity contribution in [3.05, 3.63) is 0 Å². The van der Waals surface area contributed by atoms with Gasteiger partial charge in [-0.1, -0.05) is 84.0 Å². The summed E-state index contributed by atoms with van der Waals surface area (Å²) in [7, 11) is 0. The van der Waals surface area contributed by atoms with Crippen molar-refractivity contribution in [1.82, 2.24) is 0 Å². The summed E-state index contributed by atoms with van der Waals surface area (Å²) in [4.78, 5) is 11.5. The summed E-state index contributed by atoms with van der Waals surface area (Å²) in [5, 5.41) is 8.90. The molecule has 0 amide bonds. The Bertz CT molecular complexity index is 255. The third-order valence-corrected chi connectivity index (χ3v) is 4.50. The lowest BCUT2D eigenvalue weighted by Gasteiger charge is -2.12. The van der Waals surface area contributed by atoms with Gasteiger partial charge in [0.2, 0.25) is 0 Å². The molecule has 0 rings (SSSR count). The van der Waals surface area contributed by atoms with Crippen molar-refractivity contribution >= 4 is 17.6 Å². The molecule has 0 saturated heterocycles. The van der Waals surface area contributed by atoms with E-state index in [2.05, 4.69) is 6.92 Å². The van der Waals surface area contributed by atoms with Crippen molar-refractivity contribution in [1.29, 1.82) is 0 Å². The number of rotatable bonds is 17. The highest BCUT2D eigenvalue weighted by Crippen LogP contribution is 2.13. The molecule has 0 heterocycles. The van der Waals surface area contributed by atoms with Crippen LogP contribution in [0.4, 0.5) is 0 Å². The second kappa shape index (κ2) is 18.1. The van der Waals surface area contributed by atoms with Crippen LogP contribution in [0.2, 0.25) is 0 Å². The summed E-state index contributed by atoms with van der Waals surface area (Å²) in [5.74, 6) is -0.0892. The number of esters is 1. The van der Waals surface area contributed by atoms with E-state index in [-0.39, 0.29) is 18.5 Å². The van der Waals surface area contributed by atoms with E-state index in [0.29, 0.717) is 6.42 Å². The molecule has 0 aromatic rings. The number of carbonyl (C=O) groups excluding carboxylic acids is 1. The molecule has 0 aliphatic rings. The zero-order valence-corrected chi connectivity index (χ0v) is 15.8. The highest BCUT2D eigenvalue weighted by molar-refractivity contribution is 6.18. The predicted molar refractivity (Wildman–Crippen MR) is 98.0 cm³/mol. The third kappa shape index (κ3) is 16.4. The van der Waals surface area contributed by atoms with E-state index >= 15 is 0 Å². The van der Waals surface area contributed by atoms with Crippen LogP contribution in [-0.4, -0.2) is 29.7 Å². The zero-order chi connectivity index (χ0) is 17.2. The van der Waals surface area contributed by atoms with Gasteiger partial charge in [-0.3, -0.25) is 4.79 Å². The SMILES string of the molecule is CCCCCCCCCCCCCCCC(=O)O[C@H](CO)CCl. The summed E-state index contributed by atoms with van der Waals surface area (Å²) in [6, 6.07) is 0. The normalized spacial score (nSPS) is 12.3. The summed E-state index contributed by atoms with van der Waals surface area (Å²) in [6.45, 7) is 2.06. The highest BCUT2D eigenvalue weighted by atomic mass is 35.5. The minimum atomic E-state index is -0.550. The number of ether oxygens (including phenoxy) is 1. The molecule has 0 unspecified atom stereocenters. The van der Waals surface area contributed by atoms with E-state index in [1.807, 2.05) is 0 Å².